The summed E-state index contributed by atoms with van der Waals surface area (Å²) in [7, 11) is 0. The normalized spacial score (nSPS) is 13.2. The van der Waals surface area contributed by atoms with Crippen molar-refractivity contribution >= 4 is 17.9 Å². The predicted octanol–water partition coefficient (Wildman–Crippen LogP) is 22.1. The molecule has 0 fully saturated rings. The lowest BCUT2D eigenvalue weighted by molar-refractivity contribution is -0.167. The zero-order chi connectivity index (χ0) is 57.1. The van der Waals surface area contributed by atoms with E-state index in [0.29, 0.717) is 19.3 Å². The van der Waals surface area contributed by atoms with E-state index < -0.39 is 6.10 Å². The van der Waals surface area contributed by atoms with Crippen LogP contribution >= 0.6 is 0 Å². The van der Waals surface area contributed by atoms with Crippen LogP contribution in [0.4, 0.5) is 0 Å². The summed E-state index contributed by atoms with van der Waals surface area (Å²) >= 11 is 0. The highest BCUT2D eigenvalue weighted by atomic mass is 16.6. The first-order valence-electron chi connectivity index (χ1n) is 32.0. The number of allylic oxidation sites excluding steroid dienone is 26. The van der Waals surface area contributed by atoms with E-state index >= 15 is 0 Å². The molecule has 0 rings (SSSR count). The van der Waals surface area contributed by atoms with Gasteiger partial charge >= 0.3 is 17.9 Å². The second-order valence-electron chi connectivity index (χ2n) is 20.6. The third-order valence-corrected chi connectivity index (χ3v) is 13.0. The fourth-order valence-corrected chi connectivity index (χ4v) is 8.31. The summed E-state index contributed by atoms with van der Waals surface area (Å²) in [4.78, 5) is 37.9. The summed E-state index contributed by atoms with van der Waals surface area (Å²) in [5.41, 5.74) is 0. The largest absolute Gasteiger partial charge is 0.462 e. The topological polar surface area (TPSA) is 78.9 Å². The van der Waals surface area contributed by atoms with E-state index in [1.807, 2.05) is 0 Å². The van der Waals surface area contributed by atoms with Gasteiger partial charge in [-0.05, 0) is 128 Å². The van der Waals surface area contributed by atoms with Crippen molar-refractivity contribution < 1.29 is 28.6 Å². The Morgan fingerprint density at radius 2 is 0.494 bits per heavy atom. The van der Waals surface area contributed by atoms with Crippen LogP contribution in [0.5, 0.6) is 0 Å². The molecule has 79 heavy (non-hydrogen) atoms. The van der Waals surface area contributed by atoms with Crippen molar-refractivity contribution in [2.24, 2.45) is 0 Å². The maximum Gasteiger partial charge on any atom is 0.306 e. The van der Waals surface area contributed by atoms with Crippen molar-refractivity contribution in [3.63, 3.8) is 0 Å². The fourth-order valence-electron chi connectivity index (χ4n) is 8.31. The highest BCUT2D eigenvalue weighted by Gasteiger charge is 2.19. The van der Waals surface area contributed by atoms with Crippen LogP contribution in [0, 0.1) is 0 Å². The van der Waals surface area contributed by atoms with Crippen molar-refractivity contribution in [2.75, 3.05) is 13.2 Å². The molecule has 0 radical (unpaired) electrons. The van der Waals surface area contributed by atoms with Crippen LogP contribution < -0.4 is 0 Å². The van der Waals surface area contributed by atoms with Crippen molar-refractivity contribution in [3.8, 4) is 0 Å². The zero-order valence-electron chi connectivity index (χ0n) is 50.8. The Labute approximate surface area is 486 Å². The summed E-state index contributed by atoms with van der Waals surface area (Å²) in [5, 5.41) is 0. The van der Waals surface area contributed by atoms with Crippen LogP contribution in [0.15, 0.2) is 158 Å². The van der Waals surface area contributed by atoms with Crippen LogP contribution in [-0.2, 0) is 28.6 Å². The van der Waals surface area contributed by atoms with E-state index in [1.54, 1.807) is 0 Å². The quantitative estimate of drug-likeness (QED) is 0.0261. The molecular weight excluding hydrogens is 973 g/mol. The van der Waals surface area contributed by atoms with Gasteiger partial charge in [-0.2, -0.15) is 0 Å². The van der Waals surface area contributed by atoms with Crippen LogP contribution in [0.2, 0.25) is 0 Å². The van der Waals surface area contributed by atoms with E-state index in [2.05, 4.69) is 179 Å². The van der Waals surface area contributed by atoms with Gasteiger partial charge in [0.1, 0.15) is 13.2 Å². The lowest BCUT2D eigenvalue weighted by Gasteiger charge is -2.18. The average Bonchev–Trinajstić information content (AvgIpc) is 3.45. The SMILES string of the molecule is CC/C=C\C/C=C\C/C=C\C/C=C\C/C=C\C/C=C\C/C=C\C/C=C\CCCCC(=O)OC(COC(=O)CCCCCCC)COC(=O)CCCCCCCCCCCCCCC/C=C\C/C=C\C/C=C\C/C=C\C/C=C\CC. The Morgan fingerprint density at radius 3 is 0.797 bits per heavy atom. The van der Waals surface area contributed by atoms with Gasteiger partial charge in [-0.15, -0.1) is 0 Å². The molecule has 0 heterocycles. The van der Waals surface area contributed by atoms with Gasteiger partial charge in [0.05, 0.1) is 0 Å². The van der Waals surface area contributed by atoms with Gasteiger partial charge in [0.25, 0.3) is 0 Å². The first-order valence-corrected chi connectivity index (χ1v) is 32.0. The Bertz CT molecular complexity index is 1780. The summed E-state index contributed by atoms with van der Waals surface area (Å²) < 4.78 is 16.7. The number of unbranched alkanes of at least 4 members (excludes halogenated alkanes) is 19. The Hall–Kier alpha value is -4.97. The molecule has 0 aromatic heterocycles. The van der Waals surface area contributed by atoms with E-state index in [0.717, 1.165) is 148 Å². The molecule has 0 aromatic rings. The fraction of sp³-hybridized carbons (Fsp3) is 0.603. The molecule has 0 aromatic carbocycles. The van der Waals surface area contributed by atoms with Gasteiger partial charge < -0.3 is 14.2 Å². The van der Waals surface area contributed by atoms with Gasteiger partial charge in [-0.25, -0.2) is 0 Å². The highest BCUT2D eigenvalue weighted by molar-refractivity contribution is 5.71. The molecule has 0 saturated carbocycles. The summed E-state index contributed by atoms with van der Waals surface area (Å²) in [5.74, 6) is -0.965. The van der Waals surface area contributed by atoms with Gasteiger partial charge in [-0.3, -0.25) is 14.4 Å². The summed E-state index contributed by atoms with van der Waals surface area (Å²) in [6.45, 7) is 6.29. The first-order chi connectivity index (χ1) is 39.0. The van der Waals surface area contributed by atoms with Gasteiger partial charge in [0.15, 0.2) is 6.10 Å². The van der Waals surface area contributed by atoms with Crippen LogP contribution in [0.3, 0.4) is 0 Å². The number of carbonyl (C=O) groups is 3. The van der Waals surface area contributed by atoms with Crippen LogP contribution in [-0.4, -0.2) is 37.2 Å². The molecule has 444 valence electrons. The number of hydrogen-bond donors (Lipinski definition) is 0. The molecule has 0 aliphatic heterocycles. The monoisotopic (exact) mass is 1090 g/mol. The zero-order valence-corrected chi connectivity index (χ0v) is 50.8. The molecule has 0 spiro atoms. The molecule has 0 saturated heterocycles. The number of esters is 3. The molecular formula is C73H116O6. The van der Waals surface area contributed by atoms with Gasteiger partial charge in [-0.1, -0.05) is 275 Å². The number of carbonyl (C=O) groups excluding carboxylic acids is 3. The van der Waals surface area contributed by atoms with Crippen molar-refractivity contribution in [1.29, 1.82) is 0 Å². The van der Waals surface area contributed by atoms with E-state index in [1.165, 1.54) is 70.6 Å². The summed E-state index contributed by atoms with van der Waals surface area (Å²) in [6.07, 6.45) is 95.9. The standard InChI is InChI=1S/C73H116O6/c1-4-7-10-13-15-17-19-21-23-25-27-29-31-33-35-36-38-39-41-43-45-47-49-51-53-55-57-60-63-66-72(75)78-69-70(68-77-71(74)65-62-59-12-9-6-3)79-73(76)67-64-61-58-56-54-52-50-48-46-44-42-40-37-34-32-30-28-26-24-22-20-18-16-14-11-8-5-2/h7-8,10-11,15-18,21-24,27-30,33-35,37,42,44,48,50,54,56,70H,4-6,9,12-14,19-20,25-26,31-32,36,38-41,43,45-47,49,51-53,55,57-69H2,1-3H3/b10-7-,11-8-,17-15-,18-16-,23-21-,24-22-,29-27-,30-28-,35-33-,37-34-,44-42-,50-48-,56-54-. The molecule has 1 atom stereocenters. The Kier molecular flexibility index (Phi) is 61.4. The maximum atomic E-state index is 12.8. The number of ether oxygens (including phenoxy) is 3. The molecule has 6 nitrogen and oxygen atoms in total. The van der Waals surface area contributed by atoms with E-state index in [4.69, 9.17) is 14.2 Å². The van der Waals surface area contributed by atoms with Gasteiger partial charge in [0, 0.05) is 19.3 Å². The molecule has 0 amide bonds. The van der Waals surface area contributed by atoms with Crippen molar-refractivity contribution in [3.05, 3.63) is 158 Å². The number of hydrogen-bond acceptors (Lipinski definition) is 6. The molecule has 6 heteroatoms. The van der Waals surface area contributed by atoms with Crippen LogP contribution in [0.25, 0.3) is 0 Å². The number of rotatable bonds is 56. The molecule has 0 bridgehead atoms. The van der Waals surface area contributed by atoms with Crippen molar-refractivity contribution in [1.82, 2.24) is 0 Å². The smallest absolute Gasteiger partial charge is 0.306 e. The van der Waals surface area contributed by atoms with Crippen LogP contribution in [0.1, 0.15) is 265 Å². The third kappa shape index (κ3) is 63.7. The Morgan fingerprint density at radius 1 is 0.266 bits per heavy atom. The first kappa shape index (κ1) is 74.0. The van der Waals surface area contributed by atoms with E-state index in [-0.39, 0.29) is 37.5 Å². The minimum atomic E-state index is -0.805. The lowest BCUT2D eigenvalue weighted by atomic mass is 10.0. The second kappa shape index (κ2) is 65.5. The van der Waals surface area contributed by atoms with Crippen molar-refractivity contribution in [2.45, 2.75) is 271 Å². The highest BCUT2D eigenvalue weighted by Crippen LogP contribution is 2.15. The van der Waals surface area contributed by atoms with E-state index in [9.17, 15) is 14.4 Å². The third-order valence-electron chi connectivity index (χ3n) is 13.0. The lowest BCUT2D eigenvalue weighted by Crippen LogP contribution is -2.30. The molecule has 0 N–H and O–H groups in total. The average molecular weight is 1090 g/mol. The minimum absolute atomic E-state index is 0.101. The molecule has 1 unspecified atom stereocenters. The summed E-state index contributed by atoms with van der Waals surface area (Å²) in [6, 6.07) is 0. The minimum Gasteiger partial charge on any atom is -0.462 e. The predicted molar refractivity (Wildman–Crippen MR) is 343 cm³/mol. The second-order valence-corrected chi connectivity index (χ2v) is 20.6. The van der Waals surface area contributed by atoms with Gasteiger partial charge in [0.2, 0.25) is 0 Å². The Balaban J connectivity index is 4.16. The molecule has 0 aliphatic carbocycles. The molecule has 0 aliphatic rings. The maximum absolute atomic E-state index is 12.8.